The van der Waals surface area contributed by atoms with Crippen LogP contribution < -0.4 is 0 Å². The van der Waals surface area contributed by atoms with E-state index in [1.165, 1.54) is 23.7 Å². The molecule has 0 radical (unpaired) electrons. The van der Waals surface area contributed by atoms with Crippen LogP contribution in [-0.4, -0.2) is 45.0 Å². The van der Waals surface area contributed by atoms with Crippen molar-refractivity contribution in [3.8, 4) is 0 Å². The van der Waals surface area contributed by atoms with Gasteiger partial charge < -0.3 is 0 Å². The first-order valence-electron chi connectivity index (χ1n) is 6.38. The minimum absolute atomic E-state index is 0.513. The van der Waals surface area contributed by atoms with E-state index in [2.05, 4.69) is 62.0 Å². The van der Waals surface area contributed by atoms with Gasteiger partial charge in [-0.1, -0.05) is 0 Å². The summed E-state index contributed by atoms with van der Waals surface area (Å²) in [7, 11) is -2.07. The number of hydrogen-bond acceptors (Lipinski definition) is 1. The van der Waals surface area contributed by atoms with Crippen LogP contribution in [0.5, 0.6) is 0 Å². The number of rotatable bonds is 3. The predicted octanol–water partition coefficient (Wildman–Crippen LogP) is 3.33. The van der Waals surface area contributed by atoms with Gasteiger partial charge in [-0.25, -0.2) is 0 Å². The molecule has 0 bridgehead atoms. The summed E-state index contributed by atoms with van der Waals surface area (Å²) in [6, 6.07) is 3.07. The average molecular weight is 235 g/mol. The maximum atomic E-state index is 3.00. The van der Waals surface area contributed by atoms with Crippen LogP contribution >= 0.6 is 0 Å². The summed E-state index contributed by atoms with van der Waals surface area (Å²) < 4.78 is 3.00. The molecule has 0 atom stereocenters. The van der Waals surface area contributed by atoms with E-state index in [1.807, 2.05) is 0 Å². The molecule has 0 aromatic rings. The van der Waals surface area contributed by atoms with E-state index in [-0.39, 0.29) is 0 Å². The molecule has 0 amide bonds. The monoisotopic (exact) mass is 235 g/mol. The molecule has 0 N–H and O–H groups in total. The Hall–Kier alpha value is 0.991. The van der Waals surface area contributed by atoms with Gasteiger partial charge in [-0.15, -0.1) is 0 Å². The van der Waals surface area contributed by atoms with Crippen LogP contribution in [0.4, 0.5) is 0 Å². The van der Waals surface area contributed by atoms with Gasteiger partial charge in [-0.05, 0) is 0 Å². The Bertz CT molecular complexity index is 223. The van der Waals surface area contributed by atoms with Crippen molar-refractivity contribution >= 4 is 34.2 Å². The second-order valence-electron chi connectivity index (χ2n) is 7.23. The zero-order valence-electron chi connectivity index (χ0n) is 11.8. The number of hydrogen-bond donors (Lipinski definition) is 0. The fraction of sp³-hybridized carbons (Fsp3) is 1.00. The van der Waals surface area contributed by atoms with Gasteiger partial charge in [0.2, 0.25) is 0 Å². The van der Waals surface area contributed by atoms with E-state index in [0.717, 1.165) is 0 Å². The van der Waals surface area contributed by atoms with E-state index in [9.17, 15) is 0 Å². The fourth-order valence-corrected chi connectivity index (χ4v) is 17.0. The second-order valence-corrected chi connectivity index (χ2v) is 17.0. The maximum absolute atomic E-state index is 3.00. The summed E-state index contributed by atoms with van der Waals surface area (Å²) >= 11 is 2.33. The molecule has 0 aromatic carbocycles. The summed E-state index contributed by atoms with van der Waals surface area (Å²) in [5, 5.41) is 1.30. The Morgan fingerprint density at radius 1 is 1.07 bits per heavy atom. The third-order valence-corrected chi connectivity index (χ3v) is 14.7. The fourth-order valence-electron chi connectivity index (χ4n) is 2.67. The summed E-state index contributed by atoms with van der Waals surface area (Å²) in [4.78, 5) is 0. The van der Waals surface area contributed by atoms with Crippen LogP contribution in [0.15, 0.2) is 0 Å². The van der Waals surface area contributed by atoms with Gasteiger partial charge in [-0.3, -0.25) is 0 Å². The Morgan fingerprint density at radius 3 is 1.80 bits per heavy atom. The van der Waals surface area contributed by atoms with Crippen LogP contribution in [0.1, 0.15) is 13.8 Å². The van der Waals surface area contributed by atoms with E-state index in [4.69, 9.17) is 0 Å². The Balaban J connectivity index is 2.82. The minimum atomic E-state index is -1.04. The zero-order valence-corrected chi connectivity index (χ0v) is 13.8. The molecular weight excluding hydrogens is 209 g/mol. The molecule has 1 heterocycles. The van der Waals surface area contributed by atoms with Crippen molar-refractivity contribution in [2.45, 2.75) is 57.2 Å². The third-order valence-electron chi connectivity index (χ3n) is 4.35. The Labute approximate surface area is 107 Å². The van der Waals surface area contributed by atoms with E-state index >= 15 is 0 Å². The van der Waals surface area contributed by atoms with Gasteiger partial charge in [0.15, 0.2) is 0 Å². The summed E-state index contributed by atoms with van der Waals surface area (Å²) in [5.41, 5.74) is 0.513. The molecule has 0 saturated carbocycles. The van der Waals surface area contributed by atoms with Gasteiger partial charge in [-0.2, -0.15) is 0 Å². The van der Waals surface area contributed by atoms with Crippen molar-refractivity contribution < 1.29 is 0 Å². The van der Waals surface area contributed by atoms with Gasteiger partial charge in [0.25, 0.3) is 0 Å². The first-order chi connectivity index (χ1) is 6.61. The molecule has 1 saturated heterocycles. The van der Waals surface area contributed by atoms with Gasteiger partial charge >= 0.3 is 108 Å². The normalized spacial score (nSPS) is 25.9. The molecule has 4 heteroatoms. The van der Waals surface area contributed by atoms with Crippen LogP contribution in [-0.2, 0) is 0 Å². The summed E-state index contributed by atoms with van der Waals surface area (Å²) in [6.45, 7) is 16.5. The third kappa shape index (κ3) is 3.23. The zero-order chi connectivity index (χ0) is 11.9. The molecule has 1 aliphatic heterocycles. The molecule has 1 nitrogen and oxygen atoms in total. The van der Waals surface area contributed by atoms with Crippen molar-refractivity contribution in [1.29, 1.82) is 0 Å². The molecular formula is C11H26LiNSi2. The SMILES string of the molecule is [Li][CH2]C(C)(C)CN1[Si](C)(C)CC[Si]1(C)C. The van der Waals surface area contributed by atoms with Crippen LogP contribution in [0.2, 0.25) is 43.4 Å². The first-order valence-corrected chi connectivity index (χ1v) is 12.7. The van der Waals surface area contributed by atoms with E-state index < -0.39 is 16.5 Å². The average Bonchev–Trinajstić information content (AvgIpc) is 2.29. The topological polar surface area (TPSA) is 3.24 Å². The Kier molecular flexibility index (Phi) is 4.07. The van der Waals surface area contributed by atoms with Crippen molar-refractivity contribution in [3.05, 3.63) is 0 Å². The molecule has 0 aromatic heterocycles. The predicted molar refractivity (Wildman–Crippen MR) is 75.6 cm³/mol. The number of nitrogens with zero attached hydrogens (tertiary/aromatic N) is 1. The Morgan fingerprint density at radius 2 is 1.47 bits per heavy atom. The molecule has 0 unspecified atom stereocenters. The first kappa shape index (κ1) is 14.1. The molecule has 15 heavy (non-hydrogen) atoms. The molecule has 1 fully saturated rings. The van der Waals surface area contributed by atoms with Crippen LogP contribution in [0.25, 0.3) is 0 Å². The molecule has 1 rings (SSSR count). The quantitative estimate of drug-likeness (QED) is 0.678. The van der Waals surface area contributed by atoms with Crippen molar-refractivity contribution in [3.63, 3.8) is 0 Å². The summed E-state index contributed by atoms with van der Waals surface area (Å²) in [6.07, 6.45) is 0. The summed E-state index contributed by atoms with van der Waals surface area (Å²) in [5.74, 6) is 0. The standard InChI is InChI=1S/C11H26NSi2.Li/c1-11(2,3)10-12-13(4,5)8-9-14(12,6)7;/h1,8-10H2,2-7H3;. The van der Waals surface area contributed by atoms with Crippen molar-refractivity contribution in [1.82, 2.24) is 4.23 Å². The molecule has 0 spiro atoms. The van der Waals surface area contributed by atoms with Gasteiger partial charge in [0.05, 0.1) is 0 Å². The van der Waals surface area contributed by atoms with Crippen LogP contribution in [0, 0.1) is 5.41 Å². The van der Waals surface area contributed by atoms with Crippen molar-refractivity contribution in [2.24, 2.45) is 5.41 Å². The van der Waals surface area contributed by atoms with Crippen LogP contribution in [0.3, 0.4) is 0 Å². The van der Waals surface area contributed by atoms with Gasteiger partial charge in [0.1, 0.15) is 0 Å². The molecule has 1 aliphatic rings. The van der Waals surface area contributed by atoms with E-state index in [0.29, 0.717) is 5.41 Å². The molecule has 0 aliphatic carbocycles. The second kappa shape index (κ2) is 4.34. The van der Waals surface area contributed by atoms with Crippen molar-refractivity contribution in [2.75, 3.05) is 6.54 Å². The van der Waals surface area contributed by atoms with Gasteiger partial charge in [0, 0.05) is 0 Å². The van der Waals surface area contributed by atoms with E-state index in [1.54, 1.807) is 0 Å². The molecule has 84 valence electrons.